The van der Waals surface area contributed by atoms with Crippen LogP contribution in [0.15, 0.2) is 0 Å². The predicted molar refractivity (Wildman–Crippen MR) is 46.7 cm³/mol. The zero-order chi connectivity index (χ0) is 7.72. The molecule has 0 aliphatic heterocycles. The molecule has 0 bridgehead atoms. The Labute approximate surface area is 122 Å². The van der Waals surface area contributed by atoms with Crippen molar-refractivity contribution in [2.75, 3.05) is 0 Å². The Balaban J connectivity index is 0.000001000. The predicted octanol–water partition coefficient (Wildman–Crippen LogP) is 0.293. The van der Waals surface area contributed by atoms with E-state index in [9.17, 15) is 0 Å². The van der Waals surface area contributed by atoms with Gasteiger partial charge in [-0.05, 0) is 0 Å². The number of rotatable bonds is 1. The van der Waals surface area contributed by atoms with Crippen LogP contribution in [-0.4, -0.2) is 0 Å². The third kappa shape index (κ3) is 3.04. The van der Waals surface area contributed by atoms with Gasteiger partial charge in [0.05, 0.1) is 0 Å². The summed E-state index contributed by atoms with van der Waals surface area (Å²) in [6.45, 7) is 8.76. The monoisotopic (exact) mass is 238 g/mol. The molecule has 0 nitrogen and oxygen atoms in total. The van der Waals surface area contributed by atoms with E-state index in [4.69, 9.17) is 0 Å². The first-order chi connectivity index (χ1) is 4.63. The van der Waals surface area contributed by atoms with Crippen molar-refractivity contribution in [3.05, 3.63) is 21.4 Å². The fourth-order valence-corrected chi connectivity index (χ4v) is 1.98. The Kier molecular flexibility index (Phi) is 6.00. The van der Waals surface area contributed by atoms with Gasteiger partial charge in [-0.25, -0.2) is 0 Å². The average Bonchev–Trinajstić information content (AvgIpc) is 2.14. The SMILES string of the molecule is Cc1[c-]sc(C(C)C)c1C.[Rb+]. The second kappa shape index (κ2) is 5.28. The van der Waals surface area contributed by atoms with Crippen molar-refractivity contribution in [3.8, 4) is 0 Å². The van der Waals surface area contributed by atoms with Crippen molar-refractivity contribution >= 4 is 11.3 Å². The Bertz CT molecular complexity index is 225. The second-order valence-corrected chi connectivity index (χ2v) is 3.82. The van der Waals surface area contributed by atoms with Crippen LogP contribution >= 0.6 is 11.3 Å². The normalized spacial score (nSPS) is 9.91. The van der Waals surface area contributed by atoms with Crippen LogP contribution in [0.2, 0.25) is 0 Å². The van der Waals surface area contributed by atoms with Crippen LogP contribution in [0.3, 0.4) is 0 Å². The summed E-state index contributed by atoms with van der Waals surface area (Å²) < 4.78 is 0. The van der Waals surface area contributed by atoms with Gasteiger partial charge in [-0.1, -0.05) is 33.6 Å². The van der Waals surface area contributed by atoms with E-state index in [1.54, 1.807) is 11.3 Å². The molecule has 11 heavy (non-hydrogen) atoms. The van der Waals surface area contributed by atoms with Gasteiger partial charge in [0.1, 0.15) is 0 Å². The zero-order valence-corrected chi connectivity index (χ0v) is 13.7. The van der Waals surface area contributed by atoms with Gasteiger partial charge in [0.15, 0.2) is 0 Å². The molecular formula is C9H13RbS. The van der Waals surface area contributed by atoms with Crippen molar-refractivity contribution in [2.24, 2.45) is 0 Å². The van der Waals surface area contributed by atoms with Crippen LogP contribution in [0.1, 0.15) is 35.8 Å². The van der Waals surface area contributed by atoms with Gasteiger partial charge in [-0.2, -0.15) is 11.1 Å². The van der Waals surface area contributed by atoms with Crippen molar-refractivity contribution in [1.82, 2.24) is 0 Å². The molecule has 2 heteroatoms. The molecule has 0 radical (unpaired) electrons. The smallest absolute Gasteiger partial charge is 0.300 e. The van der Waals surface area contributed by atoms with E-state index in [1.807, 2.05) is 0 Å². The summed E-state index contributed by atoms with van der Waals surface area (Å²) >= 11 is 1.76. The molecule has 0 N–H and O–H groups in total. The van der Waals surface area contributed by atoms with Gasteiger partial charge in [-0.3, -0.25) is 11.3 Å². The van der Waals surface area contributed by atoms with E-state index >= 15 is 0 Å². The maximum Gasteiger partial charge on any atom is 1.00 e. The Morgan fingerprint density at radius 3 is 2.00 bits per heavy atom. The van der Waals surface area contributed by atoms with Gasteiger partial charge in [-0.15, -0.1) is 10.3 Å². The van der Waals surface area contributed by atoms with Crippen LogP contribution in [0.4, 0.5) is 0 Å². The van der Waals surface area contributed by atoms with Gasteiger partial charge < -0.3 is 0 Å². The van der Waals surface area contributed by atoms with Crippen molar-refractivity contribution in [1.29, 1.82) is 0 Å². The molecule has 1 rings (SSSR count). The van der Waals surface area contributed by atoms with Gasteiger partial charge in [0, 0.05) is 0 Å². The maximum atomic E-state index is 3.26. The van der Waals surface area contributed by atoms with E-state index in [0.717, 1.165) is 0 Å². The molecule has 0 fully saturated rings. The Hall–Kier alpha value is 1.51. The second-order valence-electron chi connectivity index (χ2n) is 2.97. The molecule has 56 valence electrons. The molecule has 1 heterocycles. The van der Waals surface area contributed by atoms with E-state index in [-0.39, 0.29) is 58.2 Å². The maximum absolute atomic E-state index is 3.26. The minimum absolute atomic E-state index is 0. The molecule has 0 saturated carbocycles. The first-order valence-electron chi connectivity index (χ1n) is 3.60. The van der Waals surface area contributed by atoms with Crippen molar-refractivity contribution in [2.45, 2.75) is 33.6 Å². The summed E-state index contributed by atoms with van der Waals surface area (Å²) in [7, 11) is 0. The van der Waals surface area contributed by atoms with Gasteiger partial charge in [0.2, 0.25) is 0 Å². The Morgan fingerprint density at radius 1 is 1.27 bits per heavy atom. The van der Waals surface area contributed by atoms with Crippen LogP contribution in [0, 0.1) is 19.2 Å². The number of aryl methyl sites for hydroxylation is 1. The van der Waals surface area contributed by atoms with E-state index < -0.39 is 0 Å². The quantitative estimate of drug-likeness (QED) is 0.618. The topological polar surface area (TPSA) is 0 Å². The summed E-state index contributed by atoms with van der Waals surface area (Å²) in [4.78, 5) is 1.48. The summed E-state index contributed by atoms with van der Waals surface area (Å²) in [5, 5.41) is 3.26. The molecular weight excluding hydrogens is 226 g/mol. The number of thiophene rings is 1. The molecule has 1 aromatic heterocycles. The molecule has 0 saturated heterocycles. The first kappa shape index (κ1) is 12.5. The third-order valence-electron chi connectivity index (χ3n) is 1.77. The Morgan fingerprint density at radius 2 is 1.82 bits per heavy atom. The zero-order valence-electron chi connectivity index (χ0n) is 7.99. The fraction of sp³-hybridized carbons (Fsp3) is 0.556. The molecule has 0 atom stereocenters. The van der Waals surface area contributed by atoms with E-state index in [0.29, 0.717) is 5.92 Å². The number of hydrogen-bond acceptors (Lipinski definition) is 1. The summed E-state index contributed by atoms with van der Waals surface area (Å²) in [5.74, 6) is 0.662. The number of hydrogen-bond donors (Lipinski definition) is 0. The average molecular weight is 239 g/mol. The van der Waals surface area contributed by atoms with E-state index in [2.05, 4.69) is 33.1 Å². The molecule has 0 amide bonds. The minimum atomic E-state index is 0. The van der Waals surface area contributed by atoms with Crippen molar-refractivity contribution in [3.63, 3.8) is 0 Å². The summed E-state index contributed by atoms with van der Waals surface area (Å²) in [6, 6.07) is 0. The van der Waals surface area contributed by atoms with Crippen LogP contribution < -0.4 is 58.2 Å². The molecule has 0 aliphatic rings. The van der Waals surface area contributed by atoms with Crippen LogP contribution in [0.25, 0.3) is 0 Å². The largest absolute Gasteiger partial charge is 1.00 e. The van der Waals surface area contributed by atoms with Crippen LogP contribution in [0.5, 0.6) is 0 Å². The summed E-state index contributed by atoms with van der Waals surface area (Å²) in [5.41, 5.74) is 2.74. The standard InChI is InChI=1S/C9H13S.Rb/c1-6(2)9-8(4)7(3)5-10-9;/h6H,1-4H3;/q-1;+1. The minimum Gasteiger partial charge on any atom is -0.300 e. The first-order valence-corrected chi connectivity index (χ1v) is 4.42. The summed E-state index contributed by atoms with van der Waals surface area (Å²) in [6.07, 6.45) is 0. The van der Waals surface area contributed by atoms with Crippen molar-refractivity contribution < 1.29 is 58.2 Å². The molecule has 0 spiro atoms. The fourth-order valence-electron chi connectivity index (χ4n) is 1.02. The van der Waals surface area contributed by atoms with Gasteiger partial charge >= 0.3 is 58.2 Å². The molecule has 0 unspecified atom stereocenters. The molecule has 0 aliphatic carbocycles. The van der Waals surface area contributed by atoms with E-state index in [1.165, 1.54) is 16.0 Å². The van der Waals surface area contributed by atoms with Gasteiger partial charge in [0.25, 0.3) is 0 Å². The third-order valence-corrected chi connectivity index (χ3v) is 3.18. The molecule has 1 aromatic rings. The molecule has 0 aromatic carbocycles. The van der Waals surface area contributed by atoms with Crippen LogP contribution in [-0.2, 0) is 0 Å².